The third kappa shape index (κ3) is 4.03. The van der Waals surface area contributed by atoms with Crippen molar-refractivity contribution in [3.8, 4) is 0 Å². The van der Waals surface area contributed by atoms with Crippen LogP contribution >= 0.6 is 11.6 Å². The maximum absolute atomic E-state index is 12.1. The van der Waals surface area contributed by atoms with Crippen molar-refractivity contribution in [2.45, 2.75) is 17.9 Å². The van der Waals surface area contributed by atoms with E-state index >= 15 is 0 Å². The van der Waals surface area contributed by atoms with Gasteiger partial charge in [-0.25, -0.2) is 13.1 Å². The zero-order valence-electron chi connectivity index (χ0n) is 10.8. The quantitative estimate of drug-likeness (QED) is 0.833. The van der Waals surface area contributed by atoms with Crippen LogP contribution in [-0.4, -0.2) is 19.3 Å². The van der Waals surface area contributed by atoms with Crippen molar-refractivity contribution < 1.29 is 8.42 Å². The number of hydrogen-bond acceptors (Lipinski definition) is 3. The Kier molecular flexibility index (Phi) is 5.11. The lowest BCUT2D eigenvalue weighted by Crippen LogP contribution is -2.23. The Morgan fingerprint density at radius 2 is 1.85 bits per heavy atom. The molecule has 1 aromatic heterocycles. The van der Waals surface area contributed by atoms with Crippen molar-refractivity contribution in [2.75, 3.05) is 5.88 Å². The maximum Gasteiger partial charge on any atom is 0.240 e. The normalized spacial score (nSPS) is 11.4. The second-order valence-corrected chi connectivity index (χ2v) is 6.41. The number of aryl methyl sites for hydroxylation is 1. The molecule has 0 saturated heterocycles. The summed E-state index contributed by atoms with van der Waals surface area (Å²) in [5.41, 5.74) is 1.83. The van der Waals surface area contributed by atoms with E-state index in [1.165, 1.54) is 0 Å². The van der Waals surface area contributed by atoms with Gasteiger partial charge in [0, 0.05) is 24.8 Å². The van der Waals surface area contributed by atoms with Crippen LogP contribution in [-0.2, 0) is 23.0 Å². The topological polar surface area (TPSA) is 59.1 Å². The molecule has 2 rings (SSSR count). The molecular formula is C14H15ClN2O2S. The fraction of sp³-hybridized carbons (Fsp3) is 0.214. The molecule has 1 heterocycles. The number of benzene rings is 1. The van der Waals surface area contributed by atoms with Crippen molar-refractivity contribution in [3.05, 3.63) is 59.9 Å². The lowest BCUT2D eigenvalue weighted by molar-refractivity contribution is 0.581. The van der Waals surface area contributed by atoms with Gasteiger partial charge in [-0.05, 0) is 35.7 Å². The van der Waals surface area contributed by atoms with Crippen molar-refractivity contribution in [3.63, 3.8) is 0 Å². The first kappa shape index (κ1) is 15.0. The number of nitrogens with one attached hydrogen (secondary N) is 1. The van der Waals surface area contributed by atoms with E-state index in [1.54, 1.807) is 42.7 Å². The van der Waals surface area contributed by atoms with Gasteiger partial charge in [0.15, 0.2) is 0 Å². The average Bonchev–Trinajstić information content (AvgIpc) is 2.47. The highest BCUT2D eigenvalue weighted by molar-refractivity contribution is 7.89. The molecule has 0 fully saturated rings. The summed E-state index contributed by atoms with van der Waals surface area (Å²) in [5, 5.41) is 0. The highest BCUT2D eigenvalue weighted by Gasteiger charge is 2.13. The number of hydrogen-bond donors (Lipinski definition) is 1. The summed E-state index contributed by atoms with van der Waals surface area (Å²) in [4.78, 5) is 4.19. The molecule has 106 valence electrons. The van der Waals surface area contributed by atoms with E-state index in [0.717, 1.165) is 17.5 Å². The molecule has 4 nitrogen and oxygen atoms in total. The van der Waals surface area contributed by atoms with Gasteiger partial charge in [-0.2, -0.15) is 0 Å². The third-order valence-corrected chi connectivity index (χ3v) is 4.41. The molecule has 2 aromatic rings. The van der Waals surface area contributed by atoms with Crippen LogP contribution in [0.1, 0.15) is 11.1 Å². The van der Waals surface area contributed by atoms with Gasteiger partial charge in [0.05, 0.1) is 4.90 Å². The number of alkyl halides is 1. The summed E-state index contributed by atoms with van der Waals surface area (Å²) in [6.45, 7) is 0.222. The monoisotopic (exact) mass is 310 g/mol. The minimum absolute atomic E-state index is 0.222. The lowest BCUT2D eigenvalue weighted by Gasteiger charge is -2.07. The van der Waals surface area contributed by atoms with Crippen molar-refractivity contribution in [1.82, 2.24) is 9.71 Å². The van der Waals surface area contributed by atoms with Gasteiger partial charge in [-0.15, -0.1) is 11.6 Å². The molecule has 0 saturated carbocycles. The van der Waals surface area contributed by atoms with Crippen LogP contribution in [0.5, 0.6) is 0 Å². The molecule has 0 aliphatic rings. The van der Waals surface area contributed by atoms with Crippen LogP contribution in [0, 0.1) is 0 Å². The Hall–Kier alpha value is -1.43. The summed E-state index contributed by atoms with van der Waals surface area (Å²) in [6.07, 6.45) is 4.00. The largest absolute Gasteiger partial charge is 0.264 e. The number of sulfonamides is 1. The SMILES string of the molecule is O=S(=O)(NCc1cccnc1)c1ccc(CCCl)cc1. The molecular weight excluding hydrogens is 296 g/mol. The van der Waals surface area contributed by atoms with Gasteiger partial charge in [-0.1, -0.05) is 18.2 Å². The fourth-order valence-electron chi connectivity index (χ4n) is 1.71. The second kappa shape index (κ2) is 6.83. The van der Waals surface area contributed by atoms with Gasteiger partial charge >= 0.3 is 0 Å². The molecule has 0 aliphatic carbocycles. The van der Waals surface area contributed by atoms with E-state index in [-0.39, 0.29) is 11.4 Å². The Bertz CT molecular complexity index is 643. The van der Waals surface area contributed by atoms with Gasteiger partial charge in [0.1, 0.15) is 0 Å². The number of aromatic nitrogens is 1. The molecule has 0 amide bonds. The van der Waals surface area contributed by atoms with E-state index in [1.807, 2.05) is 6.07 Å². The highest BCUT2D eigenvalue weighted by atomic mass is 35.5. The molecule has 0 unspecified atom stereocenters. The number of nitrogens with zero attached hydrogens (tertiary/aromatic N) is 1. The van der Waals surface area contributed by atoms with E-state index in [2.05, 4.69) is 9.71 Å². The van der Waals surface area contributed by atoms with Crippen LogP contribution in [0.15, 0.2) is 53.7 Å². The molecule has 0 radical (unpaired) electrons. The first-order valence-corrected chi connectivity index (χ1v) is 8.17. The van der Waals surface area contributed by atoms with E-state index in [4.69, 9.17) is 11.6 Å². The van der Waals surface area contributed by atoms with E-state index in [0.29, 0.717) is 5.88 Å². The smallest absolute Gasteiger partial charge is 0.240 e. The molecule has 0 bridgehead atoms. The van der Waals surface area contributed by atoms with E-state index in [9.17, 15) is 8.42 Å². The molecule has 20 heavy (non-hydrogen) atoms. The summed E-state index contributed by atoms with van der Waals surface area (Å²) < 4.78 is 26.8. The van der Waals surface area contributed by atoms with Crippen molar-refractivity contribution >= 4 is 21.6 Å². The van der Waals surface area contributed by atoms with Crippen LogP contribution < -0.4 is 4.72 Å². The van der Waals surface area contributed by atoms with Crippen molar-refractivity contribution in [2.24, 2.45) is 0 Å². The Labute approximate surface area is 123 Å². The Morgan fingerprint density at radius 1 is 1.10 bits per heavy atom. The summed E-state index contributed by atoms with van der Waals surface area (Å²) >= 11 is 5.65. The zero-order chi connectivity index (χ0) is 14.4. The molecule has 6 heteroatoms. The summed E-state index contributed by atoms with van der Waals surface area (Å²) in [7, 11) is -3.50. The van der Waals surface area contributed by atoms with Crippen LogP contribution in [0.3, 0.4) is 0 Å². The average molecular weight is 311 g/mol. The van der Waals surface area contributed by atoms with Gasteiger partial charge in [-0.3, -0.25) is 4.98 Å². The molecule has 1 N–H and O–H groups in total. The Balaban J connectivity index is 2.06. The second-order valence-electron chi connectivity index (χ2n) is 4.27. The standard InChI is InChI=1S/C14H15ClN2O2S/c15-8-7-12-3-5-14(6-4-12)20(18,19)17-11-13-2-1-9-16-10-13/h1-6,9-10,17H,7-8,11H2. The van der Waals surface area contributed by atoms with Crippen LogP contribution in [0.2, 0.25) is 0 Å². The van der Waals surface area contributed by atoms with Gasteiger partial charge in [0.25, 0.3) is 0 Å². The fourth-order valence-corrected chi connectivity index (χ4v) is 2.94. The van der Waals surface area contributed by atoms with Crippen LogP contribution in [0.4, 0.5) is 0 Å². The molecule has 0 aliphatic heterocycles. The summed E-state index contributed by atoms with van der Waals surface area (Å²) in [6, 6.07) is 10.3. The third-order valence-electron chi connectivity index (χ3n) is 2.81. The highest BCUT2D eigenvalue weighted by Crippen LogP contribution is 2.12. The minimum Gasteiger partial charge on any atom is -0.264 e. The first-order chi connectivity index (χ1) is 9.62. The number of halogens is 1. The Morgan fingerprint density at radius 3 is 2.45 bits per heavy atom. The minimum atomic E-state index is -3.50. The van der Waals surface area contributed by atoms with Gasteiger partial charge in [0.2, 0.25) is 10.0 Å². The van der Waals surface area contributed by atoms with E-state index < -0.39 is 10.0 Å². The van der Waals surface area contributed by atoms with Crippen LogP contribution in [0.25, 0.3) is 0 Å². The first-order valence-electron chi connectivity index (χ1n) is 6.15. The lowest BCUT2D eigenvalue weighted by atomic mass is 10.2. The number of rotatable bonds is 6. The summed E-state index contributed by atoms with van der Waals surface area (Å²) in [5.74, 6) is 0.519. The predicted molar refractivity (Wildman–Crippen MR) is 79.1 cm³/mol. The van der Waals surface area contributed by atoms with Gasteiger partial charge < -0.3 is 0 Å². The maximum atomic E-state index is 12.1. The van der Waals surface area contributed by atoms with Crippen molar-refractivity contribution in [1.29, 1.82) is 0 Å². The number of pyridine rings is 1. The molecule has 0 spiro atoms. The molecule has 0 atom stereocenters. The molecule has 1 aromatic carbocycles. The predicted octanol–water partition coefficient (Wildman–Crippen LogP) is 2.34. The zero-order valence-corrected chi connectivity index (χ0v) is 12.4.